The van der Waals surface area contributed by atoms with Crippen molar-refractivity contribution in [2.45, 2.75) is 11.8 Å². The van der Waals surface area contributed by atoms with Gasteiger partial charge in [0, 0.05) is 5.56 Å². The molecule has 134 valence electrons. The van der Waals surface area contributed by atoms with Gasteiger partial charge in [-0.25, -0.2) is 12.1 Å². The van der Waals surface area contributed by atoms with Crippen LogP contribution in [0.3, 0.4) is 0 Å². The van der Waals surface area contributed by atoms with Crippen LogP contribution in [0, 0.1) is 0 Å². The van der Waals surface area contributed by atoms with E-state index < -0.39 is 10.9 Å². The first kappa shape index (κ1) is 19.9. The van der Waals surface area contributed by atoms with Gasteiger partial charge in [-0.1, -0.05) is 35.2 Å². The molecule has 6 heteroatoms. The average Bonchev–Trinajstić information content (AvgIpc) is 3.38. The number of rotatable bonds is 3. The fourth-order valence-corrected chi connectivity index (χ4v) is 4.61. The van der Waals surface area contributed by atoms with Crippen molar-refractivity contribution < 1.29 is 21.9 Å². The number of thiol groups is 1. The molecule has 1 aliphatic heterocycles. The number of carbonyl (C=O) groups is 1. The minimum Gasteiger partial charge on any atom is -0.378 e. The smallest absolute Gasteiger partial charge is 0.378 e. The molecule has 3 aromatic rings. The molecular formula is C20H19FeN3OS. The van der Waals surface area contributed by atoms with Crippen molar-refractivity contribution in [2.75, 3.05) is 0 Å². The fourth-order valence-electron chi connectivity index (χ4n) is 2.53. The Morgan fingerprint density at radius 3 is 2.31 bits per heavy atom. The van der Waals surface area contributed by atoms with Crippen molar-refractivity contribution in [2.24, 2.45) is 15.9 Å². The van der Waals surface area contributed by atoms with Gasteiger partial charge in [0.05, 0.1) is 5.78 Å². The van der Waals surface area contributed by atoms with Crippen LogP contribution in [0.2, 0.25) is 0 Å². The molecule has 0 fully saturated rings. The molecule has 0 amide bonds. The molecule has 1 unspecified atom stereocenters. The number of benzene rings is 1. The van der Waals surface area contributed by atoms with E-state index in [0.29, 0.717) is 10.7 Å². The summed E-state index contributed by atoms with van der Waals surface area (Å²) in [7, 11) is -1.00. The van der Waals surface area contributed by atoms with Crippen molar-refractivity contribution >= 4 is 26.9 Å². The Kier molecular flexibility index (Phi) is 7.15. The number of amidine groups is 1. The number of ketones is 1. The summed E-state index contributed by atoms with van der Waals surface area (Å²) in [5.74, 6) is 0.0413. The van der Waals surface area contributed by atoms with Gasteiger partial charge in [0.15, 0.2) is 5.17 Å². The summed E-state index contributed by atoms with van der Waals surface area (Å²) in [6.07, 6.45) is 0. The second-order valence-electron chi connectivity index (χ2n) is 5.43. The summed E-state index contributed by atoms with van der Waals surface area (Å²) in [5.41, 5.74) is 7.73. The zero-order valence-corrected chi connectivity index (χ0v) is 16.2. The third-order valence-electron chi connectivity index (χ3n) is 3.69. The zero-order chi connectivity index (χ0) is 17.6. The predicted molar refractivity (Wildman–Crippen MR) is 106 cm³/mol. The standard InChI is InChI=1S/C15H14N3OS.C5H5.Fe/c1-10(19)12-8-5-9-13(12)20-14(17-18-15(20)16)11-6-3-2-4-7-11;1-2-4-5-3-1;/h2-9,20H,1H3,(H2,16,18);1-5H;/q2*-1;+2. The molecular weight excluding hydrogens is 386 g/mol. The van der Waals surface area contributed by atoms with Gasteiger partial charge in [-0.05, 0) is 6.92 Å². The maximum absolute atomic E-state index is 11.7. The van der Waals surface area contributed by atoms with E-state index in [9.17, 15) is 4.79 Å². The van der Waals surface area contributed by atoms with Crippen LogP contribution >= 0.6 is 10.9 Å². The summed E-state index contributed by atoms with van der Waals surface area (Å²) in [4.78, 5) is 12.7. The van der Waals surface area contributed by atoms with Crippen molar-refractivity contribution in [3.8, 4) is 0 Å². The molecule has 0 radical (unpaired) electrons. The minimum atomic E-state index is -1.00. The fraction of sp³-hybridized carbons (Fsp3) is 0.0500. The summed E-state index contributed by atoms with van der Waals surface area (Å²) >= 11 is 0. The molecule has 3 aromatic carbocycles. The monoisotopic (exact) mass is 405 g/mol. The first-order valence-corrected chi connectivity index (χ1v) is 9.22. The van der Waals surface area contributed by atoms with Crippen molar-refractivity contribution in [3.05, 3.63) is 90.0 Å². The molecule has 0 saturated heterocycles. The molecule has 1 heterocycles. The van der Waals surface area contributed by atoms with Crippen molar-refractivity contribution in [1.82, 2.24) is 0 Å². The number of carbonyl (C=O) groups excluding carboxylic acids is 1. The summed E-state index contributed by atoms with van der Waals surface area (Å²) in [6, 6.07) is 25.5. The summed E-state index contributed by atoms with van der Waals surface area (Å²) in [6.45, 7) is 1.57. The molecule has 0 spiro atoms. The van der Waals surface area contributed by atoms with Gasteiger partial charge in [-0.2, -0.15) is 41.2 Å². The number of Topliss-reactive ketones (excluding diaryl/α,β-unsaturated/α-hetero) is 1. The third-order valence-corrected chi connectivity index (χ3v) is 5.88. The molecule has 26 heavy (non-hydrogen) atoms. The van der Waals surface area contributed by atoms with Gasteiger partial charge in [-0.15, -0.1) is 21.8 Å². The third kappa shape index (κ3) is 4.41. The van der Waals surface area contributed by atoms with Gasteiger partial charge in [-0.3, -0.25) is 0 Å². The molecule has 4 rings (SSSR count). The number of nitrogens with two attached hydrogens (primary N) is 1. The van der Waals surface area contributed by atoms with Crippen LogP contribution in [0.1, 0.15) is 22.8 Å². The van der Waals surface area contributed by atoms with Crippen LogP contribution in [-0.2, 0) is 17.1 Å². The Labute approximate surface area is 166 Å². The molecule has 1 atom stereocenters. The van der Waals surface area contributed by atoms with E-state index in [4.69, 9.17) is 5.73 Å². The van der Waals surface area contributed by atoms with E-state index in [1.54, 1.807) is 6.92 Å². The van der Waals surface area contributed by atoms with Gasteiger partial charge in [0.25, 0.3) is 0 Å². The second kappa shape index (κ2) is 9.34. The first-order valence-electron chi connectivity index (χ1n) is 7.88. The topological polar surface area (TPSA) is 67.8 Å². The molecule has 0 aromatic heterocycles. The molecule has 1 aliphatic rings. The predicted octanol–water partition coefficient (Wildman–Crippen LogP) is 4.06. The Morgan fingerprint density at radius 2 is 1.73 bits per heavy atom. The number of nitrogens with zero attached hydrogens (tertiary/aromatic N) is 2. The van der Waals surface area contributed by atoms with Crippen LogP contribution in [0.5, 0.6) is 0 Å². The molecule has 4 nitrogen and oxygen atoms in total. The van der Waals surface area contributed by atoms with Crippen LogP contribution < -0.4 is 5.73 Å². The van der Waals surface area contributed by atoms with Crippen LogP contribution in [0.15, 0.2) is 94.0 Å². The second-order valence-corrected chi connectivity index (χ2v) is 7.46. The van der Waals surface area contributed by atoms with E-state index in [-0.39, 0.29) is 22.9 Å². The Balaban J connectivity index is 0.000000351. The van der Waals surface area contributed by atoms with Crippen molar-refractivity contribution in [3.63, 3.8) is 0 Å². The maximum atomic E-state index is 11.7. The van der Waals surface area contributed by atoms with Gasteiger partial charge in [0.1, 0.15) is 5.04 Å². The minimum absolute atomic E-state index is 0. The first-order chi connectivity index (χ1) is 12.2. The Bertz CT molecular complexity index is 881. The Morgan fingerprint density at radius 1 is 1.04 bits per heavy atom. The molecule has 0 bridgehead atoms. The number of hydrogen-bond donors (Lipinski definition) is 2. The summed E-state index contributed by atoms with van der Waals surface area (Å²) in [5, 5.41) is 9.60. The van der Waals surface area contributed by atoms with E-state index in [1.165, 1.54) is 0 Å². The van der Waals surface area contributed by atoms with Crippen LogP contribution in [0.4, 0.5) is 0 Å². The van der Waals surface area contributed by atoms with Gasteiger partial charge in [0.2, 0.25) is 0 Å². The quantitative estimate of drug-likeness (QED) is 0.299. The van der Waals surface area contributed by atoms with Gasteiger partial charge >= 0.3 is 17.1 Å². The van der Waals surface area contributed by atoms with E-state index in [0.717, 1.165) is 15.5 Å². The van der Waals surface area contributed by atoms with Crippen LogP contribution in [0.25, 0.3) is 0 Å². The molecule has 2 N–H and O–H groups in total. The molecule has 0 aliphatic carbocycles. The van der Waals surface area contributed by atoms with E-state index >= 15 is 0 Å². The van der Waals surface area contributed by atoms with E-state index in [1.807, 2.05) is 78.9 Å². The van der Waals surface area contributed by atoms with Crippen LogP contribution in [-0.4, -0.2) is 16.0 Å². The normalized spacial score (nSPS) is 16.6. The van der Waals surface area contributed by atoms with Crippen molar-refractivity contribution in [1.29, 1.82) is 0 Å². The Hall–Kier alpha value is -2.40. The SMILES string of the molecule is CC(=O)c1ccc[c-]1[SH]1C(N)=NN=C1c1ccccc1.[Fe+2].c1cc[cH-]c1. The molecule has 0 saturated carbocycles. The number of hydrogen-bond acceptors (Lipinski definition) is 4. The van der Waals surface area contributed by atoms with Gasteiger partial charge < -0.3 is 10.5 Å². The van der Waals surface area contributed by atoms with E-state index in [2.05, 4.69) is 10.2 Å². The zero-order valence-electron chi connectivity index (χ0n) is 14.2. The average molecular weight is 405 g/mol. The maximum Gasteiger partial charge on any atom is 2.00 e. The summed E-state index contributed by atoms with van der Waals surface area (Å²) < 4.78 is 0. The largest absolute Gasteiger partial charge is 2.00 e.